The van der Waals surface area contributed by atoms with E-state index < -0.39 is 0 Å². The molecule has 0 bridgehead atoms. The minimum Gasteiger partial charge on any atom is -0.310 e. The Morgan fingerprint density at radius 2 is 2.00 bits per heavy atom. The first kappa shape index (κ1) is 11.9. The van der Waals surface area contributed by atoms with Crippen molar-refractivity contribution >= 4 is 11.6 Å². The van der Waals surface area contributed by atoms with Crippen LogP contribution in [-0.2, 0) is 0 Å². The van der Waals surface area contributed by atoms with Gasteiger partial charge in [-0.05, 0) is 18.1 Å². The highest BCUT2D eigenvalue weighted by atomic mass is 35.5. The van der Waals surface area contributed by atoms with Crippen molar-refractivity contribution in [2.24, 2.45) is 0 Å². The fourth-order valence-electron chi connectivity index (χ4n) is 1.59. The van der Waals surface area contributed by atoms with Crippen LogP contribution in [0.3, 0.4) is 0 Å². The highest BCUT2D eigenvalue weighted by Crippen LogP contribution is 2.26. The molecule has 0 amide bonds. The topological polar surface area (TPSA) is 45.8 Å². The van der Waals surface area contributed by atoms with E-state index in [4.69, 9.17) is 11.6 Å². The smallest absolute Gasteiger partial charge is 0.310 e. The van der Waals surface area contributed by atoms with Gasteiger partial charge in [-0.3, -0.25) is 0 Å². The van der Waals surface area contributed by atoms with Gasteiger partial charge < -0.3 is 4.98 Å². The van der Waals surface area contributed by atoms with Crippen molar-refractivity contribution in [3.63, 3.8) is 0 Å². The third-order valence-electron chi connectivity index (χ3n) is 2.54. The normalized spacial score (nSPS) is 10.8. The molecule has 1 N–H and O–H groups in total. The van der Waals surface area contributed by atoms with E-state index >= 15 is 0 Å². The molecule has 0 aliphatic heterocycles. The van der Waals surface area contributed by atoms with Crippen LogP contribution in [-0.4, -0.2) is 9.97 Å². The van der Waals surface area contributed by atoms with E-state index in [1.165, 1.54) is 0 Å². The van der Waals surface area contributed by atoms with Crippen LogP contribution in [0.1, 0.15) is 25.5 Å². The number of aromatic amines is 1. The summed E-state index contributed by atoms with van der Waals surface area (Å²) >= 11 is 6.09. The second-order valence-corrected chi connectivity index (χ2v) is 4.57. The number of nitrogens with one attached hydrogen (secondary N) is 1. The van der Waals surface area contributed by atoms with Crippen LogP contribution in [0.25, 0.3) is 11.3 Å². The molecule has 1 aromatic heterocycles. The predicted molar refractivity (Wildman–Crippen MR) is 69.4 cm³/mol. The van der Waals surface area contributed by atoms with E-state index in [1.54, 1.807) is 6.07 Å². The van der Waals surface area contributed by atoms with Gasteiger partial charge in [-0.15, -0.1) is 0 Å². The molecular weight excluding hydrogens is 236 g/mol. The summed E-state index contributed by atoms with van der Waals surface area (Å²) < 4.78 is 0. The minimum absolute atomic E-state index is 0.243. The number of halogens is 1. The molecule has 88 valence electrons. The number of hydrogen-bond donors (Lipinski definition) is 1. The Morgan fingerprint density at radius 3 is 2.65 bits per heavy atom. The van der Waals surface area contributed by atoms with E-state index in [9.17, 15) is 4.79 Å². The van der Waals surface area contributed by atoms with Gasteiger partial charge in [0.25, 0.3) is 0 Å². The summed E-state index contributed by atoms with van der Waals surface area (Å²) in [6.07, 6.45) is 0. The average Bonchev–Trinajstić information content (AvgIpc) is 2.28. The van der Waals surface area contributed by atoms with Gasteiger partial charge in [0.05, 0.1) is 5.69 Å². The maximum Gasteiger partial charge on any atom is 0.345 e. The number of aromatic nitrogens is 2. The van der Waals surface area contributed by atoms with E-state index in [-0.39, 0.29) is 11.6 Å². The molecule has 0 unspecified atom stereocenters. The zero-order chi connectivity index (χ0) is 12.4. The molecule has 0 atom stereocenters. The molecule has 2 rings (SSSR count). The van der Waals surface area contributed by atoms with Crippen LogP contribution < -0.4 is 5.69 Å². The second kappa shape index (κ2) is 4.72. The minimum atomic E-state index is -0.342. The molecule has 0 saturated carbocycles. The van der Waals surface area contributed by atoms with Gasteiger partial charge in [0, 0.05) is 16.3 Å². The predicted octanol–water partition coefficient (Wildman–Crippen LogP) is 3.21. The number of hydrogen-bond acceptors (Lipinski definition) is 2. The summed E-state index contributed by atoms with van der Waals surface area (Å²) in [6, 6.07) is 9.23. The summed E-state index contributed by atoms with van der Waals surface area (Å²) in [5.74, 6) is 0.243. The molecule has 0 spiro atoms. The van der Waals surface area contributed by atoms with Gasteiger partial charge in [-0.25, -0.2) is 4.79 Å². The van der Waals surface area contributed by atoms with E-state index in [1.807, 2.05) is 38.1 Å². The lowest BCUT2D eigenvalue weighted by molar-refractivity contribution is 0.803. The van der Waals surface area contributed by atoms with E-state index in [2.05, 4.69) is 9.97 Å². The second-order valence-electron chi connectivity index (χ2n) is 4.16. The Bertz CT molecular complexity index is 590. The highest BCUT2D eigenvalue weighted by Gasteiger charge is 2.08. The van der Waals surface area contributed by atoms with Crippen molar-refractivity contribution in [2.45, 2.75) is 19.8 Å². The maximum absolute atomic E-state index is 11.5. The molecular formula is C13H13ClN2O. The molecule has 0 radical (unpaired) electrons. The zero-order valence-corrected chi connectivity index (χ0v) is 10.5. The fourth-order valence-corrected chi connectivity index (χ4v) is 1.83. The third kappa shape index (κ3) is 2.56. The van der Waals surface area contributed by atoms with Crippen molar-refractivity contribution in [1.82, 2.24) is 9.97 Å². The molecule has 1 heterocycles. The quantitative estimate of drug-likeness (QED) is 0.887. The first-order chi connectivity index (χ1) is 8.08. The molecule has 1 aromatic carbocycles. The molecule has 4 heteroatoms. The molecule has 0 saturated heterocycles. The molecule has 2 aromatic rings. The standard InChI is InChI=1S/C13H13ClN2O/c1-8(2)11-7-12(16-13(17)15-11)9-5-3-4-6-10(9)14/h3-8H,1-2H3,(H,15,16,17). The molecule has 17 heavy (non-hydrogen) atoms. The summed E-state index contributed by atoms with van der Waals surface area (Å²) in [6.45, 7) is 4.03. The molecule has 0 aliphatic rings. The molecule has 0 aliphatic carbocycles. The highest BCUT2D eigenvalue weighted by molar-refractivity contribution is 6.33. The van der Waals surface area contributed by atoms with Gasteiger partial charge in [-0.1, -0.05) is 43.6 Å². The van der Waals surface area contributed by atoms with Crippen LogP contribution in [0.15, 0.2) is 35.1 Å². The van der Waals surface area contributed by atoms with Gasteiger partial charge >= 0.3 is 5.69 Å². The monoisotopic (exact) mass is 248 g/mol. The number of benzene rings is 1. The Kier molecular flexibility index (Phi) is 3.29. The van der Waals surface area contributed by atoms with Gasteiger partial charge in [-0.2, -0.15) is 4.98 Å². The largest absolute Gasteiger partial charge is 0.345 e. The fraction of sp³-hybridized carbons (Fsp3) is 0.231. The van der Waals surface area contributed by atoms with Crippen molar-refractivity contribution < 1.29 is 0 Å². The van der Waals surface area contributed by atoms with Crippen LogP contribution in [0.4, 0.5) is 0 Å². The van der Waals surface area contributed by atoms with Crippen molar-refractivity contribution in [3.8, 4) is 11.3 Å². The maximum atomic E-state index is 11.5. The van der Waals surface area contributed by atoms with Gasteiger partial charge in [0.1, 0.15) is 0 Å². The Balaban J connectivity index is 2.60. The van der Waals surface area contributed by atoms with Crippen LogP contribution in [0.2, 0.25) is 5.02 Å². The Hall–Kier alpha value is -1.61. The SMILES string of the molecule is CC(C)c1cc(-c2ccccc2Cl)nc(=O)[nH]1. The first-order valence-corrected chi connectivity index (χ1v) is 5.82. The zero-order valence-electron chi connectivity index (χ0n) is 9.70. The Morgan fingerprint density at radius 1 is 1.29 bits per heavy atom. The Labute approximate surface area is 104 Å². The average molecular weight is 249 g/mol. The van der Waals surface area contributed by atoms with Crippen molar-refractivity contribution in [3.05, 3.63) is 51.5 Å². The van der Waals surface area contributed by atoms with Gasteiger partial charge in [0.15, 0.2) is 0 Å². The van der Waals surface area contributed by atoms with E-state index in [0.717, 1.165) is 11.3 Å². The number of H-pyrrole nitrogens is 1. The lowest BCUT2D eigenvalue weighted by atomic mass is 10.1. The van der Waals surface area contributed by atoms with Crippen molar-refractivity contribution in [1.29, 1.82) is 0 Å². The third-order valence-corrected chi connectivity index (χ3v) is 2.87. The lowest BCUT2D eigenvalue weighted by Gasteiger charge is -2.08. The van der Waals surface area contributed by atoms with Crippen LogP contribution >= 0.6 is 11.6 Å². The number of rotatable bonds is 2. The molecule has 0 fully saturated rings. The van der Waals surface area contributed by atoms with Crippen LogP contribution in [0.5, 0.6) is 0 Å². The molecule has 3 nitrogen and oxygen atoms in total. The summed E-state index contributed by atoms with van der Waals surface area (Å²) in [5, 5.41) is 0.598. The number of nitrogens with zero attached hydrogens (tertiary/aromatic N) is 1. The van der Waals surface area contributed by atoms with Gasteiger partial charge in [0.2, 0.25) is 0 Å². The lowest BCUT2D eigenvalue weighted by Crippen LogP contribution is -2.14. The van der Waals surface area contributed by atoms with Crippen LogP contribution in [0, 0.1) is 0 Å². The van der Waals surface area contributed by atoms with Crippen molar-refractivity contribution in [2.75, 3.05) is 0 Å². The summed E-state index contributed by atoms with van der Waals surface area (Å²) in [7, 11) is 0. The first-order valence-electron chi connectivity index (χ1n) is 5.44. The summed E-state index contributed by atoms with van der Waals surface area (Å²) in [4.78, 5) is 18.2. The van der Waals surface area contributed by atoms with E-state index in [0.29, 0.717) is 10.7 Å². The summed E-state index contributed by atoms with van der Waals surface area (Å²) in [5.41, 5.74) is 1.91.